The van der Waals surface area contributed by atoms with Crippen molar-refractivity contribution >= 4 is 23.6 Å². The van der Waals surface area contributed by atoms with E-state index in [4.69, 9.17) is 0 Å². The van der Waals surface area contributed by atoms with E-state index < -0.39 is 0 Å². The van der Waals surface area contributed by atoms with Crippen molar-refractivity contribution < 1.29 is 9.59 Å². The van der Waals surface area contributed by atoms with Gasteiger partial charge in [0.15, 0.2) is 0 Å². The first-order valence-electron chi connectivity index (χ1n) is 6.10. The Balaban J connectivity index is 1.82. The van der Waals surface area contributed by atoms with Crippen LogP contribution in [0, 0.1) is 0 Å². The molecule has 0 radical (unpaired) electrons. The Kier molecular flexibility index (Phi) is 4.28. The van der Waals surface area contributed by atoms with E-state index in [1.807, 2.05) is 16.7 Å². The molecule has 0 aliphatic carbocycles. The monoisotopic (exact) mass is 257 g/mol. The lowest BCUT2D eigenvalue weighted by molar-refractivity contribution is -0.140. The van der Waals surface area contributed by atoms with Crippen LogP contribution < -0.4 is 5.32 Å². The summed E-state index contributed by atoms with van der Waals surface area (Å²) in [5.41, 5.74) is 0. The Morgan fingerprint density at radius 1 is 1.24 bits per heavy atom. The van der Waals surface area contributed by atoms with E-state index in [1.165, 1.54) is 0 Å². The number of hydrogen-bond acceptors (Lipinski definition) is 4. The number of carbonyl (C=O) groups is 2. The third-order valence-corrected chi connectivity index (χ3v) is 4.20. The highest BCUT2D eigenvalue weighted by atomic mass is 32.2. The maximum Gasteiger partial charge on any atom is 0.240 e. The van der Waals surface area contributed by atoms with Crippen LogP contribution in [0.5, 0.6) is 0 Å². The van der Waals surface area contributed by atoms with Gasteiger partial charge in [-0.3, -0.25) is 14.9 Å². The minimum absolute atomic E-state index is 0.0200. The molecule has 0 aromatic heterocycles. The third kappa shape index (κ3) is 2.93. The van der Waals surface area contributed by atoms with Gasteiger partial charge in [-0.1, -0.05) is 6.92 Å². The molecular formula is C11H19N3O2S. The molecule has 96 valence electrons. The summed E-state index contributed by atoms with van der Waals surface area (Å²) < 4.78 is 0. The molecule has 1 N–H and O–H groups in total. The van der Waals surface area contributed by atoms with Crippen LogP contribution in [0.25, 0.3) is 0 Å². The lowest BCUT2D eigenvalue weighted by atomic mass is 10.2. The summed E-state index contributed by atoms with van der Waals surface area (Å²) >= 11 is 1.76. The molecule has 0 saturated carbocycles. The van der Waals surface area contributed by atoms with Crippen LogP contribution in [0.3, 0.4) is 0 Å². The first-order valence-corrected chi connectivity index (χ1v) is 7.25. The molecule has 2 aliphatic heterocycles. The standard InChI is InChI=1S/C11H19N3O2S/c1-2-10(15)13-3-5-14(6-4-13)11(16)9-7-17-8-12-9/h9,12H,2-8H2,1H3. The molecule has 2 rings (SSSR count). The van der Waals surface area contributed by atoms with Gasteiger partial charge >= 0.3 is 0 Å². The summed E-state index contributed by atoms with van der Waals surface area (Å²) in [5.74, 6) is 2.11. The van der Waals surface area contributed by atoms with Crippen LogP contribution in [0.4, 0.5) is 0 Å². The number of thioether (sulfide) groups is 1. The fourth-order valence-electron chi connectivity index (χ4n) is 2.17. The maximum atomic E-state index is 12.1. The number of nitrogens with one attached hydrogen (secondary N) is 1. The Morgan fingerprint density at radius 2 is 1.88 bits per heavy atom. The number of hydrogen-bond donors (Lipinski definition) is 1. The van der Waals surface area contributed by atoms with Crippen molar-refractivity contribution in [3.05, 3.63) is 0 Å². The third-order valence-electron chi connectivity index (χ3n) is 3.26. The van der Waals surface area contributed by atoms with Crippen LogP contribution >= 0.6 is 11.8 Å². The van der Waals surface area contributed by atoms with E-state index in [0.717, 1.165) is 11.6 Å². The van der Waals surface area contributed by atoms with Crippen molar-refractivity contribution in [1.82, 2.24) is 15.1 Å². The van der Waals surface area contributed by atoms with Gasteiger partial charge in [0.2, 0.25) is 11.8 Å². The minimum Gasteiger partial charge on any atom is -0.339 e. The largest absolute Gasteiger partial charge is 0.339 e. The van der Waals surface area contributed by atoms with Crippen LogP contribution in [0.2, 0.25) is 0 Å². The summed E-state index contributed by atoms with van der Waals surface area (Å²) in [6, 6.07) is -0.0200. The smallest absolute Gasteiger partial charge is 0.240 e. The summed E-state index contributed by atoms with van der Waals surface area (Å²) in [6.07, 6.45) is 0.550. The maximum absolute atomic E-state index is 12.1. The molecule has 17 heavy (non-hydrogen) atoms. The topological polar surface area (TPSA) is 52.7 Å². The van der Waals surface area contributed by atoms with Gasteiger partial charge < -0.3 is 9.80 Å². The molecule has 1 atom stereocenters. The average Bonchev–Trinajstić information content (AvgIpc) is 2.91. The highest BCUT2D eigenvalue weighted by molar-refractivity contribution is 7.99. The van der Waals surface area contributed by atoms with Crippen molar-refractivity contribution in [2.75, 3.05) is 37.8 Å². The number of rotatable bonds is 2. The fraction of sp³-hybridized carbons (Fsp3) is 0.818. The van der Waals surface area contributed by atoms with E-state index in [0.29, 0.717) is 32.6 Å². The van der Waals surface area contributed by atoms with Crippen molar-refractivity contribution in [2.45, 2.75) is 19.4 Å². The van der Waals surface area contributed by atoms with Gasteiger partial charge in [-0.2, -0.15) is 0 Å². The molecule has 0 aromatic carbocycles. The molecule has 2 fully saturated rings. The van der Waals surface area contributed by atoms with E-state index in [-0.39, 0.29) is 17.9 Å². The number of piperazine rings is 1. The molecular weight excluding hydrogens is 238 g/mol. The van der Waals surface area contributed by atoms with Crippen molar-refractivity contribution in [3.8, 4) is 0 Å². The predicted molar refractivity (Wildman–Crippen MR) is 67.7 cm³/mol. The lowest BCUT2D eigenvalue weighted by Crippen LogP contribution is -2.54. The van der Waals surface area contributed by atoms with Crippen molar-refractivity contribution in [2.24, 2.45) is 0 Å². The molecule has 1 unspecified atom stereocenters. The highest BCUT2D eigenvalue weighted by Gasteiger charge is 2.30. The predicted octanol–water partition coefficient (Wildman–Crippen LogP) is -0.270. The quantitative estimate of drug-likeness (QED) is 0.740. The SMILES string of the molecule is CCC(=O)N1CCN(C(=O)C2CSCN2)CC1. The van der Waals surface area contributed by atoms with Gasteiger partial charge in [-0.25, -0.2) is 0 Å². The summed E-state index contributed by atoms with van der Waals surface area (Å²) in [5, 5.41) is 3.19. The molecule has 2 amide bonds. The molecule has 0 spiro atoms. The minimum atomic E-state index is -0.0200. The van der Waals surface area contributed by atoms with Gasteiger partial charge in [-0.05, 0) is 0 Å². The first-order chi connectivity index (χ1) is 8.22. The van der Waals surface area contributed by atoms with Crippen LogP contribution in [-0.4, -0.2) is 65.5 Å². The van der Waals surface area contributed by atoms with Crippen molar-refractivity contribution in [1.29, 1.82) is 0 Å². The first kappa shape index (κ1) is 12.7. The second kappa shape index (κ2) is 5.73. The molecule has 2 saturated heterocycles. The molecule has 5 nitrogen and oxygen atoms in total. The molecule has 2 aliphatic rings. The Labute approximate surface area is 106 Å². The van der Waals surface area contributed by atoms with E-state index in [1.54, 1.807) is 11.8 Å². The Bertz CT molecular complexity index is 297. The summed E-state index contributed by atoms with van der Waals surface area (Å²) in [6.45, 7) is 4.58. The molecule has 0 aromatic rings. The van der Waals surface area contributed by atoms with Gasteiger partial charge in [0.25, 0.3) is 0 Å². The highest BCUT2D eigenvalue weighted by Crippen LogP contribution is 2.13. The van der Waals surface area contributed by atoms with E-state index in [2.05, 4.69) is 5.32 Å². The zero-order chi connectivity index (χ0) is 12.3. The van der Waals surface area contributed by atoms with Crippen molar-refractivity contribution in [3.63, 3.8) is 0 Å². The van der Waals surface area contributed by atoms with Gasteiger partial charge in [0.1, 0.15) is 0 Å². The lowest BCUT2D eigenvalue weighted by Gasteiger charge is -2.35. The van der Waals surface area contributed by atoms with E-state index >= 15 is 0 Å². The summed E-state index contributed by atoms with van der Waals surface area (Å²) in [4.78, 5) is 27.3. The zero-order valence-corrected chi connectivity index (χ0v) is 11.0. The molecule has 6 heteroatoms. The Morgan fingerprint density at radius 3 is 2.41 bits per heavy atom. The Hall–Kier alpha value is -0.750. The number of amides is 2. The molecule has 2 heterocycles. The average molecular weight is 257 g/mol. The second-order valence-electron chi connectivity index (χ2n) is 4.33. The van der Waals surface area contributed by atoms with Crippen LogP contribution in [0.15, 0.2) is 0 Å². The summed E-state index contributed by atoms with van der Waals surface area (Å²) in [7, 11) is 0. The van der Waals surface area contributed by atoms with Gasteiger partial charge in [-0.15, -0.1) is 11.8 Å². The second-order valence-corrected chi connectivity index (χ2v) is 5.36. The molecule has 0 bridgehead atoms. The fourth-order valence-corrected chi connectivity index (χ4v) is 3.11. The number of nitrogens with zero attached hydrogens (tertiary/aromatic N) is 2. The van der Waals surface area contributed by atoms with Crippen LogP contribution in [-0.2, 0) is 9.59 Å². The van der Waals surface area contributed by atoms with Crippen LogP contribution in [0.1, 0.15) is 13.3 Å². The normalized spacial score (nSPS) is 25.1. The zero-order valence-electron chi connectivity index (χ0n) is 10.1. The van der Waals surface area contributed by atoms with Gasteiger partial charge in [0.05, 0.1) is 6.04 Å². The number of carbonyl (C=O) groups excluding carboxylic acids is 2. The van der Waals surface area contributed by atoms with Gasteiger partial charge in [0, 0.05) is 44.2 Å². The van der Waals surface area contributed by atoms with E-state index in [9.17, 15) is 9.59 Å².